The summed E-state index contributed by atoms with van der Waals surface area (Å²) in [5, 5.41) is 7.74. The van der Waals surface area contributed by atoms with E-state index in [4.69, 9.17) is 4.52 Å². The van der Waals surface area contributed by atoms with E-state index in [9.17, 15) is 9.59 Å². The van der Waals surface area contributed by atoms with Gasteiger partial charge in [-0.1, -0.05) is 53.7 Å². The number of rotatable bonds is 6. The normalized spacial score (nSPS) is 11.9. The Labute approximate surface area is 194 Å². The first-order chi connectivity index (χ1) is 16.6. The Morgan fingerprint density at radius 2 is 1.76 bits per heavy atom. The van der Waals surface area contributed by atoms with Crippen LogP contribution in [0.25, 0.3) is 33.7 Å². The Morgan fingerprint density at radius 3 is 2.56 bits per heavy atom. The number of hydrogen-bond donors (Lipinski definition) is 1. The molecular weight excluding hydrogens is 430 g/mol. The Hall–Kier alpha value is -4.59. The molecule has 3 aromatic heterocycles. The lowest BCUT2D eigenvalue weighted by molar-refractivity contribution is -0.122. The van der Waals surface area contributed by atoms with Crippen LogP contribution in [0.2, 0.25) is 0 Å². The number of hydrogen-bond acceptors (Lipinski definition) is 6. The van der Waals surface area contributed by atoms with Crippen molar-refractivity contribution in [1.29, 1.82) is 0 Å². The van der Waals surface area contributed by atoms with Gasteiger partial charge in [0.2, 0.25) is 11.7 Å². The smallest absolute Gasteiger partial charge is 0.259 e. The highest BCUT2D eigenvalue weighted by Crippen LogP contribution is 2.28. The van der Waals surface area contributed by atoms with Crippen molar-refractivity contribution < 1.29 is 9.32 Å². The van der Waals surface area contributed by atoms with Crippen LogP contribution in [0.3, 0.4) is 0 Å². The highest BCUT2D eigenvalue weighted by Gasteiger charge is 2.18. The van der Waals surface area contributed by atoms with Crippen molar-refractivity contribution in [3.63, 3.8) is 0 Å². The first kappa shape index (κ1) is 21.3. The van der Waals surface area contributed by atoms with Crippen molar-refractivity contribution in [2.24, 2.45) is 0 Å². The number of pyridine rings is 2. The van der Waals surface area contributed by atoms with Crippen LogP contribution in [-0.2, 0) is 11.3 Å². The molecule has 34 heavy (non-hydrogen) atoms. The summed E-state index contributed by atoms with van der Waals surface area (Å²) in [7, 11) is 0. The lowest BCUT2D eigenvalue weighted by Gasteiger charge is -2.16. The molecule has 0 radical (unpaired) electrons. The molecule has 0 aliphatic heterocycles. The van der Waals surface area contributed by atoms with Gasteiger partial charge in [-0.25, -0.2) is 0 Å². The molecule has 168 valence electrons. The number of aromatic nitrogens is 4. The molecule has 2 aromatic carbocycles. The van der Waals surface area contributed by atoms with Crippen molar-refractivity contribution in [2.75, 3.05) is 0 Å². The van der Waals surface area contributed by atoms with Gasteiger partial charge in [0, 0.05) is 29.4 Å². The van der Waals surface area contributed by atoms with Gasteiger partial charge in [0.25, 0.3) is 11.4 Å². The van der Waals surface area contributed by atoms with Crippen LogP contribution < -0.4 is 10.9 Å². The van der Waals surface area contributed by atoms with Crippen LogP contribution in [0.5, 0.6) is 0 Å². The van der Waals surface area contributed by atoms with E-state index in [2.05, 4.69) is 20.4 Å². The van der Waals surface area contributed by atoms with Crippen molar-refractivity contribution in [3.8, 4) is 22.8 Å². The summed E-state index contributed by atoms with van der Waals surface area (Å²) in [5.74, 6) is 0.378. The number of benzene rings is 2. The molecule has 0 spiro atoms. The number of para-hydroxylation sites is 1. The van der Waals surface area contributed by atoms with Crippen LogP contribution in [0.4, 0.5) is 0 Å². The fourth-order valence-corrected chi connectivity index (χ4v) is 3.88. The maximum absolute atomic E-state index is 13.1. The van der Waals surface area contributed by atoms with Gasteiger partial charge in [-0.05, 0) is 30.7 Å². The fraction of sp³-hybridized carbons (Fsp3) is 0.115. The zero-order valence-corrected chi connectivity index (χ0v) is 18.4. The van der Waals surface area contributed by atoms with Gasteiger partial charge in [-0.2, -0.15) is 4.98 Å². The number of carbonyl (C=O) groups excluding carboxylic acids is 1. The predicted octanol–water partition coefficient (Wildman–Crippen LogP) is 3.99. The lowest BCUT2D eigenvalue weighted by atomic mass is 10.1. The second-order valence-electron chi connectivity index (χ2n) is 7.86. The van der Waals surface area contributed by atoms with Gasteiger partial charge < -0.3 is 9.84 Å². The lowest BCUT2D eigenvalue weighted by Crippen LogP contribution is -2.33. The van der Waals surface area contributed by atoms with E-state index in [1.54, 1.807) is 30.6 Å². The summed E-state index contributed by atoms with van der Waals surface area (Å²) in [6.07, 6.45) is 3.29. The second-order valence-corrected chi connectivity index (χ2v) is 7.86. The standard InChI is InChI=1S/C26H21N5O3/c1-17(18-7-3-2-4-8-18)28-23(32)16-31-22-10-6-5-9-20(22)21(15-24(31)33)26-29-25(30-34-26)19-11-13-27-14-12-19/h2-15,17H,16H2,1H3,(H,28,32). The summed E-state index contributed by atoms with van der Waals surface area (Å²) >= 11 is 0. The third-order valence-corrected chi connectivity index (χ3v) is 5.59. The monoisotopic (exact) mass is 451 g/mol. The largest absolute Gasteiger partial charge is 0.348 e. The predicted molar refractivity (Wildman–Crippen MR) is 128 cm³/mol. The number of fused-ring (bicyclic) bond motifs is 1. The molecule has 8 heteroatoms. The first-order valence-corrected chi connectivity index (χ1v) is 10.8. The van der Waals surface area contributed by atoms with Crippen LogP contribution in [0.15, 0.2) is 94.5 Å². The number of amides is 1. The van der Waals surface area contributed by atoms with Crippen LogP contribution in [-0.4, -0.2) is 25.6 Å². The quantitative estimate of drug-likeness (QED) is 0.419. The van der Waals surface area contributed by atoms with Gasteiger partial charge in [-0.3, -0.25) is 19.1 Å². The van der Waals surface area contributed by atoms with E-state index >= 15 is 0 Å². The van der Waals surface area contributed by atoms with Crippen molar-refractivity contribution in [3.05, 3.63) is 101 Å². The molecule has 0 bridgehead atoms. The third kappa shape index (κ3) is 4.21. The molecule has 0 aliphatic carbocycles. The Balaban J connectivity index is 1.47. The number of nitrogens with zero attached hydrogens (tertiary/aromatic N) is 4. The third-order valence-electron chi connectivity index (χ3n) is 5.59. The van der Waals surface area contributed by atoms with E-state index in [1.165, 1.54) is 10.6 Å². The molecule has 0 saturated heterocycles. The number of nitrogens with one attached hydrogen (secondary N) is 1. The summed E-state index contributed by atoms with van der Waals surface area (Å²) in [6.45, 7) is 1.80. The van der Waals surface area contributed by atoms with Crippen molar-refractivity contribution in [1.82, 2.24) is 25.0 Å². The van der Waals surface area contributed by atoms with E-state index in [0.29, 0.717) is 16.9 Å². The maximum Gasteiger partial charge on any atom is 0.259 e. The summed E-state index contributed by atoms with van der Waals surface area (Å²) in [6, 6.07) is 21.8. The molecule has 1 N–H and O–H groups in total. The highest BCUT2D eigenvalue weighted by atomic mass is 16.5. The van der Waals surface area contributed by atoms with Gasteiger partial charge in [0.05, 0.1) is 17.1 Å². The highest BCUT2D eigenvalue weighted by molar-refractivity contribution is 5.93. The molecule has 8 nitrogen and oxygen atoms in total. The summed E-state index contributed by atoms with van der Waals surface area (Å²) < 4.78 is 6.93. The SMILES string of the molecule is CC(NC(=O)Cn1c(=O)cc(-c2nc(-c3ccncc3)no2)c2ccccc21)c1ccccc1. The molecule has 1 amide bonds. The van der Waals surface area contributed by atoms with E-state index < -0.39 is 0 Å². The minimum absolute atomic E-state index is 0.108. The Bertz CT molecular complexity index is 1510. The molecule has 0 fully saturated rings. The topological polar surface area (TPSA) is 103 Å². The fourth-order valence-electron chi connectivity index (χ4n) is 3.88. The van der Waals surface area contributed by atoms with Gasteiger partial charge in [0.15, 0.2) is 0 Å². The Kier molecular flexibility index (Phi) is 5.70. The summed E-state index contributed by atoms with van der Waals surface area (Å²) in [5.41, 5.74) is 2.54. The van der Waals surface area contributed by atoms with Crippen LogP contribution >= 0.6 is 0 Å². The van der Waals surface area contributed by atoms with E-state index in [1.807, 2.05) is 55.5 Å². The number of carbonyl (C=O) groups is 1. The molecule has 5 rings (SSSR count). The zero-order chi connectivity index (χ0) is 23.5. The minimum atomic E-state index is -0.333. The van der Waals surface area contributed by atoms with Crippen molar-refractivity contribution >= 4 is 16.8 Å². The summed E-state index contributed by atoms with van der Waals surface area (Å²) in [4.78, 5) is 34.3. The molecule has 3 heterocycles. The molecule has 1 unspecified atom stereocenters. The van der Waals surface area contributed by atoms with Gasteiger partial charge in [-0.15, -0.1) is 0 Å². The second kappa shape index (κ2) is 9.11. The van der Waals surface area contributed by atoms with E-state index in [0.717, 1.165) is 16.5 Å². The van der Waals surface area contributed by atoms with Gasteiger partial charge >= 0.3 is 0 Å². The first-order valence-electron chi connectivity index (χ1n) is 10.8. The Morgan fingerprint density at radius 1 is 1.03 bits per heavy atom. The van der Waals surface area contributed by atoms with Crippen molar-refractivity contribution in [2.45, 2.75) is 19.5 Å². The average molecular weight is 451 g/mol. The molecule has 0 saturated carbocycles. The molecule has 5 aromatic rings. The molecule has 1 atom stereocenters. The average Bonchev–Trinajstić information content (AvgIpc) is 3.37. The van der Waals surface area contributed by atoms with Crippen LogP contribution in [0.1, 0.15) is 18.5 Å². The minimum Gasteiger partial charge on any atom is -0.348 e. The van der Waals surface area contributed by atoms with Gasteiger partial charge in [0.1, 0.15) is 6.54 Å². The van der Waals surface area contributed by atoms with E-state index in [-0.39, 0.29) is 29.9 Å². The maximum atomic E-state index is 13.1. The zero-order valence-electron chi connectivity index (χ0n) is 18.4. The molecule has 0 aliphatic rings. The van der Waals surface area contributed by atoms with Crippen LogP contribution in [0, 0.1) is 0 Å². The molecular formula is C26H21N5O3.